The first kappa shape index (κ1) is 18.5. The first-order chi connectivity index (χ1) is 10.1. The van der Waals surface area contributed by atoms with E-state index in [1.807, 2.05) is 0 Å². The molecule has 2 atom stereocenters. The molecule has 2 rings (SSSR count). The van der Waals surface area contributed by atoms with E-state index in [9.17, 15) is 9.59 Å². The van der Waals surface area contributed by atoms with Crippen molar-refractivity contribution < 1.29 is 9.59 Å². The molecule has 5 nitrogen and oxygen atoms in total. The molecule has 4 N–H and O–H groups in total. The summed E-state index contributed by atoms with van der Waals surface area (Å²) in [4.78, 5) is 23.7. The van der Waals surface area contributed by atoms with Crippen molar-refractivity contribution in [1.29, 1.82) is 0 Å². The number of halogens is 1. The van der Waals surface area contributed by atoms with E-state index in [0.717, 1.165) is 19.3 Å². The Kier molecular flexibility index (Phi) is 7.35. The van der Waals surface area contributed by atoms with Gasteiger partial charge in [0.2, 0.25) is 5.91 Å². The van der Waals surface area contributed by atoms with Crippen molar-refractivity contribution in [3.8, 4) is 0 Å². The fourth-order valence-electron chi connectivity index (χ4n) is 2.75. The zero-order valence-electron chi connectivity index (χ0n) is 12.8. The minimum atomic E-state index is -0.104. The molecule has 2 amide bonds. The first-order valence-corrected chi connectivity index (χ1v) is 7.55. The third-order valence-electron chi connectivity index (χ3n) is 4.01. The lowest BCUT2D eigenvalue weighted by Crippen LogP contribution is -2.39. The number of hydrogen-bond acceptors (Lipinski definition) is 3. The Morgan fingerprint density at radius 3 is 2.77 bits per heavy atom. The number of nitrogens with two attached hydrogens (primary N) is 1. The Labute approximate surface area is 137 Å². The lowest BCUT2D eigenvalue weighted by Gasteiger charge is -2.19. The second-order valence-electron chi connectivity index (χ2n) is 5.49. The highest BCUT2D eigenvalue weighted by Crippen LogP contribution is 2.25. The zero-order valence-corrected chi connectivity index (χ0v) is 13.6. The molecule has 1 saturated carbocycles. The molecule has 0 spiro atoms. The topological polar surface area (TPSA) is 84.2 Å². The van der Waals surface area contributed by atoms with Gasteiger partial charge in [0.1, 0.15) is 0 Å². The maximum atomic E-state index is 12.3. The van der Waals surface area contributed by atoms with E-state index in [1.165, 1.54) is 0 Å². The third kappa shape index (κ3) is 4.71. The fourth-order valence-corrected chi connectivity index (χ4v) is 2.75. The maximum Gasteiger partial charge on any atom is 0.251 e. The Hall–Kier alpha value is -1.59. The molecule has 1 aromatic rings. The van der Waals surface area contributed by atoms with Crippen molar-refractivity contribution >= 4 is 29.9 Å². The molecular formula is C16H24ClN3O2. The number of carbonyl (C=O) groups is 2. The average Bonchev–Trinajstić information content (AvgIpc) is 2.94. The lowest BCUT2D eigenvalue weighted by atomic mass is 10.0. The average molecular weight is 326 g/mol. The van der Waals surface area contributed by atoms with E-state index in [0.29, 0.717) is 30.1 Å². The van der Waals surface area contributed by atoms with Gasteiger partial charge in [0.05, 0.1) is 0 Å². The van der Waals surface area contributed by atoms with Crippen LogP contribution in [0.4, 0.5) is 5.69 Å². The van der Waals surface area contributed by atoms with Gasteiger partial charge in [0.15, 0.2) is 0 Å². The fraction of sp³-hybridized carbons (Fsp3) is 0.500. The van der Waals surface area contributed by atoms with Crippen molar-refractivity contribution in [3.63, 3.8) is 0 Å². The van der Waals surface area contributed by atoms with Crippen LogP contribution in [-0.2, 0) is 4.79 Å². The van der Waals surface area contributed by atoms with E-state index < -0.39 is 0 Å². The maximum absolute atomic E-state index is 12.3. The van der Waals surface area contributed by atoms with Crippen LogP contribution in [0.5, 0.6) is 0 Å². The van der Waals surface area contributed by atoms with Crippen LogP contribution in [0.2, 0.25) is 0 Å². The van der Waals surface area contributed by atoms with Gasteiger partial charge in [0, 0.05) is 23.7 Å². The molecule has 1 fully saturated rings. The van der Waals surface area contributed by atoms with Crippen molar-refractivity contribution in [2.24, 2.45) is 11.7 Å². The number of anilines is 1. The summed E-state index contributed by atoms with van der Waals surface area (Å²) in [7, 11) is 0. The Balaban J connectivity index is 0.00000242. The summed E-state index contributed by atoms with van der Waals surface area (Å²) in [6, 6.07) is 7.17. The Morgan fingerprint density at radius 1 is 1.32 bits per heavy atom. The number of rotatable bonds is 5. The molecule has 1 aliphatic rings. The summed E-state index contributed by atoms with van der Waals surface area (Å²) in [5.74, 6) is 0.205. The van der Waals surface area contributed by atoms with Crippen LogP contribution >= 0.6 is 12.4 Å². The molecule has 2 unspecified atom stereocenters. The summed E-state index contributed by atoms with van der Waals surface area (Å²) in [5.41, 5.74) is 6.95. The predicted octanol–water partition coefficient (Wildman–Crippen LogP) is 2.31. The molecule has 0 bridgehead atoms. The van der Waals surface area contributed by atoms with Gasteiger partial charge >= 0.3 is 0 Å². The number of carbonyl (C=O) groups excluding carboxylic acids is 2. The molecule has 6 heteroatoms. The lowest BCUT2D eigenvalue weighted by molar-refractivity contribution is -0.115. The normalized spacial score (nSPS) is 20.1. The Bertz CT molecular complexity index is 522. The van der Waals surface area contributed by atoms with Crippen molar-refractivity contribution in [2.75, 3.05) is 11.9 Å². The summed E-state index contributed by atoms with van der Waals surface area (Å²) >= 11 is 0. The molecule has 1 aliphatic carbocycles. The van der Waals surface area contributed by atoms with Crippen LogP contribution in [0.25, 0.3) is 0 Å². The molecule has 0 saturated heterocycles. The molecule has 0 aliphatic heterocycles. The number of benzene rings is 1. The van der Waals surface area contributed by atoms with E-state index in [-0.39, 0.29) is 30.3 Å². The monoisotopic (exact) mass is 325 g/mol. The van der Waals surface area contributed by atoms with Gasteiger partial charge < -0.3 is 16.4 Å². The summed E-state index contributed by atoms with van der Waals surface area (Å²) < 4.78 is 0. The highest BCUT2D eigenvalue weighted by molar-refractivity contribution is 5.97. The molecule has 0 aromatic heterocycles. The minimum absolute atomic E-state index is 0. The van der Waals surface area contributed by atoms with Gasteiger partial charge in [-0.25, -0.2) is 0 Å². The number of hydrogen-bond donors (Lipinski definition) is 3. The van der Waals surface area contributed by atoms with Crippen LogP contribution < -0.4 is 16.4 Å². The smallest absolute Gasteiger partial charge is 0.251 e. The second-order valence-corrected chi connectivity index (χ2v) is 5.49. The van der Waals surface area contributed by atoms with Crippen molar-refractivity contribution in [2.45, 2.75) is 38.6 Å². The highest BCUT2D eigenvalue weighted by atomic mass is 35.5. The van der Waals surface area contributed by atoms with Crippen LogP contribution in [0.15, 0.2) is 24.3 Å². The van der Waals surface area contributed by atoms with Crippen molar-refractivity contribution in [3.05, 3.63) is 29.8 Å². The van der Waals surface area contributed by atoms with E-state index in [1.54, 1.807) is 31.2 Å². The second kappa shape index (κ2) is 8.76. The molecule has 0 heterocycles. The third-order valence-corrected chi connectivity index (χ3v) is 4.01. The summed E-state index contributed by atoms with van der Waals surface area (Å²) in [5, 5.41) is 5.82. The SMILES string of the molecule is CCC(=O)Nc1cccc(C(=O)NC2CCCC2CN)c1.Cl. The van der Waals surface area contributed by atoms with E-state index >= 15 is 0 Å². The van der Waals surface area contributed by atoms with Gasteiger partial charge in [0.25, 0.3) is 5.91 Å². The molecule has 1 aromatic carbocycles. The minimum Gasteiger partial charge on any atom is -0.349 e. The molecule has 0 radical (unpaired) electrons. The van der Waals surface area contributed by atoms with Crippen LogP contribution in [0.1, 0.15) is 43.0 Å². The van der Waals surface area contributed by atoms with E-state index in [2.05, 4.69) is 10.6 Å². The quantitative estimate of drug-likeness (QED) is 0.776. The van der Waals surface area contributed by atoms with Gasteiger partial charge in [-0.2, -0.15) is 0 Å². The van der Waals surface area contributed by atoms with Gasteiger partial charge in [-0.05, 0) is 43.5 Å². The highest BCUT2D eigenvalue weighted by Gasteiger charge is 2.27. The predicted molar refractivity (Wildman–Crippen MR) is 90.3 cm³/mol. The Morgan fingerprint density at radius 2 is 2.09 bits per heavy atom. The van der Waals surface area contributed by atoms with E-state index in [4.69, 9.17) is 5.73 Å². The standard InChI is InChI=1S/C16H23N3O2.ClH/c1-2-15(20)18-13-7-3-5-11(9-13)16(21)19-14-8-4-6-12(14)10-17;/h3,5,7,9,12,14H,2,4,6,8,10,17H2,1H3,(H,18,20)(H,19,21);1H. The van der Waals surface area contributed by atoms with Gasteiger partial charge in [-0.3, -0.25) is 9.59 Å². The van der Waals surface area contributed by atoms with Gasteiger partial charge in [-0.1, -0.05) is 19.4 Å². The van der Waals surface area contributed by atoms with Gasteiger partial charge in [-0.15, -0.1) is 12.4 Å². The zero-order chi connectivity index (χ0) is 15.2. The first-order valence-electron chi connectivity index (χ1n) is 7.55. The number of amides is 2. The summed E-state index contributed by atoms with van der Waals surface area (Å²) in [6.07, 6.45) is 3.59. The molecular weight excluding hydrogens is 302 g/mol. The molecule has 22 heavy (non-hydrogen) atoms. The molecule has 122 valence electrons. The van der Waals surface area contributed by atoms with Crippen LogP contribution in [0, 0.1) is 5.92 Å². The van der Waals surface area contributed by atoms with Crippen molar-refractivity contribution in [1.82, 2.24) is 5.32 Å². The van der Waals surface area contributed by atoms with Crippen LogP contribution in [0.3, 0.4) is 0 Å². The largest absolute Gasteiger partial charge is 0.349 e. The van der Waals surface area contributed by atoms with Crippen LogP contribution in [-0.4, -0.2) is 24.4 Å². The summed E-state index contributed by atoms with van der Waals surface area (Å²) in [6.45, 7) is 2.40. The number of nitrogens with one attached hydrogen (secondary N) is 2.